The van der Waals surface area contributed by atoms with Crippen molar-refractivity contribution in [2.24, 2.45) is 0 Å². The molecule has 2 aromatic rings. The normalized spacial score (nSPS) is 11.8. The summed E-state index contributed by atoms with van der Waals surface area (Å²) >= 11 is 1.36. The Kier molecular flexibility index (Phi) is 6.80. The average molecular weight is 380 g/mol. The van der Waals surface area contributed by atoms with Gasteiger partial charge >= 0.3 is 0 Å². The molecule has 0 unspecified atom stereocenters. The fourth-order valence-electron chi connectivity index (χ4n) is 1.97. The third-order valence-corrected chi connectivity index (χ3v) is 5.57. The number of carbonyl (C=O) groups is 1. The maximum atomic E-state index is 11.9. The van der Waals surface area contributed by atoms with Crippen LogP contribution in [0.25, 0.3) is 6.08 Å². The van der Waals surface area contributed by atoms with Crippen LogP contribution in [0.1, 0.15) is 30.8 Å². The number of amides is 1. The Morgan fingerprint density at radius 2 is 1.92 bits per heavy atom. The standard InChI is InChI=1S/C16H20N4O3S2/c1-3-5-15-19-20-16(24-15)18-14(21)11-8-12-6-9-13(10-7-12)25(22,23)17-4-2/h6-11,17H,3-5H2,1-2H3,(H,18,20,21)/b11-8+. The molecule has 1 aromatic carbocycles. The molecule has 0 bridgehead atoms. The lowest BCUT2D eigenvalue weighted by Crippen LogP contribution is -2.22. The smallest absolute Gasteiger partial charge is 0.250 e. The molecular formula is C16H20N4O3S2. The second-order valence-corrected chi connectivity index (χ2v) is 7.97. The van der Waals surface area contributed by atoms with Gasteiger partial charge < -0.3 is 0 Å². The van der Waals surface area contributed by atoms with Crippen LogP contribution in [-0.2, 0) is 21.2 Å². The molecule has 7 nitrogen and oxygen atoms in total. The van der Waals surface area contributed by atoms with Crippen LogP contribution in [0.4, 0.5) is 5.13 Å². The summed E-state index contributed by atoms with van der Waals surface area (Å²) in [6.45, 7) is 4.10. The summed E-state index contributed by atoms with van der Waals surface area (Å²) in [6.07, 6.45) is 4.79. The average Bonchev–Trinajstić information content (AvgIpc) is 3.01. The van der Waals surface area contributed by atoms with Crippen molar-refractivity contribution in [2.75, 3.05) is 11.9 Å². The molecule has 0 spiro atoms. The fraction of sp³-hybridized carbons (Fsp3) is 0.312. The molecule has 0 aliphatic heterocycles. The van der Waals surface area contributed by atoms with Crippen molar-refractivity contribution in [1.29, 1.82) is 0 Å². The molecule has 134 valence electrons. The molecule has 9 heteroatoms. The number of hydrogen-bond donors (Lipinski definition) is 2. The van der Waals surface area contributed by atoms with E-state index in [1.54, 1.807) is 25.1 Å². The zero-order valence-corrected chi connectivity index (χ0v) is 15.7. The molecule has 0 aliphatic carbocycles. The quantitative estimate of drug-likeness (QED) is 0.685. The van der Waals surface area contributed by atoms with Crippen molar-refractivity contribution in [3.05, 3.63) is 40.9 Å². The van der Waals surface area contributed by atoms with E-state index in [9.17, 15) is 13.2 Å². The maximum absolute atomic E-state index is 11.9. The number of benzene rings is 1. The highest BCUT2D eigenvalue weighted by molar-refractivity contribution is 7.89. The molecule has 1 aromatic heterocycles. The van der Waals surface area contributed by atoms with Gasteiger partial charge in [-0.1, -0.05) is 37.3 Å². The molecule has 0 aliphatic rings. The zero-order valence-electron chi connectivity index (χ0n) is 14.0. The Bertz CT molecular complexity index is 843. The highest BCUT2D eigenvalue weighted by atomic mass is 32.2. The molecular weight excluding hydrogens is 360 g/mol. The van der Waals surface area contributed by atoms with Gasteiger partial charge in [0.2, 0.25) is 21.1 Å². The molecule has 0 radical (unpaired) electrons. The number of sulfonamides is 1. The summed E-state index contributed by atoms with van der Waals surface area (Å²) in [5, 5.41) is 11.9. The minimum Gasteiger partial charge on any atom is -0.297 e. The molecule has 0 saturated heterocycles. The lowest BCUT2D eigenvalue weighted by molar-refractivity contribution is -0.111. The Balaban J connectivity index is 1.97. The highest BCUT2D eigenvalue weighted by Crippen LogP contribution is 2.16. The van der Waals surface area contributed by atoms with Crippen LogP contribution in [-0.4, -0.2) is 31.1 Å². The van der Waals surface area contributed by atoms with Gasteiger partial charge in [0.15, 0.2) is 0 Å². The van der Waals surface area contributed by atoms with E-state index in [4.69, 9.17) is 0 Å². The highest BCUT2D eigenvalue weighted by Gasteiger charge is 2.11. The van der Waals surface area contributed by atoms with E-state index in [1.807, 2.05) is 0 Å². The second kappa shape index (κ2) is 8.84. The number of nitrogens with zero attached hydrogens (tertiary/aromatic N) is 2. The van der Waals surface area contributed by atoms with Gasteiger partial charge in [-0.05, 0) is 30.2 Å². The van der Waals surface area contributed by atoms with Crippen LogP contribution < -0.4 is 10.0 Å². The molecule has 2 N–H and O–H groups in total. The molecule has 25 heavy (non-hydrogen) atoms. The van der Waals surface area contributed by atoms with E-state index in [1.165, 1.54) is 29.5 Å². The third kappa shape index (κ3) is 5.73. The Labute approximate surface area is 151 Å². The van der Waals surface area contributed by atoms with Gasteiger partial charge in [0, 0.05) is 19.0 Å². The van der Waals surface area contributed by atoms with Crippen molar-refractivity contribution in [1.82, 2.24) is 14.9 Å². The van der Waals surface area contributed by atoms with Crippen LogP contribution in [0, 0.1) is 0 Å². The lowest BCUT2D eigenvalue weighted by Gasteiger charge is -2.04. The first-order chi connectivity index (χ1) is 11.9. The number of carbonyl (C=O) groups excluding carboxylic acids is 1. The predicted octanol–water partition coefficient (Wildman–Crippen LogP) is 2.44. The minimum atomic E-state index is -3.47. The third-order valence-electron chi connectivity index (χ3n) is 3.11. The second-order valence-electron chi connectivity index (χ2n) is 5.14. The molecule has 0 atom stereocenters. The number of nitrogens with one attached hydrogen (secondary N) is 2. The van der Waals surface area contributed by atoms with E-state index in [2.05, 4.69) is 27.2 Å². The molecule has 1 amide bonds. The zero-order chi connectivity index (χ0) is 18.3. The summed E-state index contributed by atoms with van der Waals surface area (Å²) in [5.41, 5.74) is 0.717. The van der Waals surface area contributed by atoms with Gasteiger partial charge in [0.1, 0.15) is 5.01 Å². The monoisotopic (exact) mass is 380 g/mol. The van der Waals surface area contributed by atoms with E-state index in [0.717, 1.165) is 23.4 Å². The van der Waals surface area contributed by atoms with E-state index in [-0.39, 0.29) is 10.8 Å². The first kappa shape index (κ1) is 19.2. The minimum absolute atomic E-state index is 0.188. The van der Waals surface area contributed by atoms with E-state index >= 15 is 0 Å². The van der Waals surface area contributed by atoms with Gasteiger partial charge in [-0.25, -0.2) is 13.1 Å². The predicted molar refractivity (Wildman–Crippen MR) is 98.9 cm³/mol. The van der Waals surface area contributed by atoms with Gasteiger partial charge in [-0.2, -0.15) is 0 Å². The Morgan fingerprint density at radius 3 is 2.56 bits per heavy atom. The number of aryl methyl sites for hydroxylation is 1. The lowest BCUT2D eigenvalue weighted by atomic mass is 10.2. The van der Waals surface area contributed by atoms with Crippen LogP contribution >= 0.6 is 11.3 Å². The number of aromatic nitrogens is 2. The van der Waals surface area contributed by atoms with Crippen molar-refractivity contribution in [3.8, 4) is 0 Å². The van der Waals surface area contributed by atoms with E-state index in [0.29, 0.717) is 11.7 Å². The van der Waals surface area contributed by atoms with Gasteiger partial charge in [-0.15, -0.1) is 10.2 Å². The molecule has 0 fully saturated rings. The van der Waals surface area contributed by atoms with Crippen molar-refractivity contribution in [3.63, 3.8) is 0 Å². The fourth-order valence-corrected chi connectivity index (χ4v) is 3.85. The van der Waals surface area contributed by atoms with Gasteiger partial charge in [0.05, 0.1) is 4.90 Å². The topological polar surface area (TPSA) is 101 Å². The summed E-state index contributed by atoms with van der Waals surface area (Å²) in [7, 11) is -3.47. The molecule has 1 heterocycles. The maximum Gasteiger partial charge on any atom is 0.250 e. The summed E-state index contributed by atoms with van der Waals surface area (Å²) in [4.78, 5) is 12.1. The van der Waals surface area contributed by atoms with Crippen LogP contribution in [0.5, 0.6) is 0 Å². The number of hydrogen-bond acceptors (Lipinski definition) is 6. The first-order valence-electron chi connectivity index (χ1n) is 7.85. The van der Waals surface area contributed by atoms with Crippen LogP contribution in [0.2, 0.25) is 0 Å². The largest absolute Gasteiger partial charge is 0.297 e. The Hall–Kier alpha value is -2.10. The van der Waals surface area contributed by atoms with Crippen molar-refractivity contribution in [2.45, 2.75) is 31.6 Å². The van der Waals surface area contributed by atoms with Crippen LogP contribution in [0.15, 0.2) is 35.2 Å². The number of anilines is 1. The van der Waals surface area contributed by atoms with E-state index < -0.39 is 10.0 Å². The van der Waals surface area contributed by atoms with Crippen molar-refractivity contribution < 1.29 is 13.2 Å². The molecule has 0 saturated carbocycles. The summed E-state index contributed by atoms with van der Waals surface area (Å²) in [6, 6.07) is 6.27. The summed E-state index contributed by atoms with van der Waals surface area (Å²) < 4.78 is 26.1. The first-order valence-corrected chi connectivity index (χ1v) is 10.2. The van der Waals surface area contributed by atoms with Crippen LogP contribution in [0.3, 0.4) is 0 Å². The number of rotatable bonds is 8. The summed E-state index contributed by atoms with van der Waals surface area (Å²) in [5.74, 6) is -0.316. The molecule has 2 rings (SSSR count). The Morgan fingerprint density at radius 1 is 1.20 bits per heavy atom. The van der Waals surface area contributed by atoms with Crippen molar-refractivity contribution >= 4 is 38.5 Å². The van der Waals surface area contributed by atoms with Gasteiger partial charge in [-0.3, -0.25) is 10.1 Å². The van der Waals surface area contributed by atoms with Gasteiger partial charge in [0.25, 0.3) is 0 Å². The SMILES string of the molecule is CCCc1nnc(NC(=O)/C=C/c2ccc(S(=O)(=O)NCC)cc2)s1.